The molecule has 0 saturated carbocycles. The summed E-state index contributed by atoms with van der Waals surface area (Å²) in [6, 6.07) is 0. The van der Waals surface area contributed by atoms with Crippen molar-refractivity contribution in [3.63, 3.8) is 0 Å². The molecule has 0 spiro atoms. The summed E-state index contributed by atoms with van der Waals surface area (Å²) in [5.74, 6) is 0.0831. The number of aliphatic hydroxyl groups excluding tert-OH is 2. The Morgan fingerprint density at radius 3 is 2.61 bits per heavy atom. The van der Waals surface area contributed by atoms with Crippen molar-refractivity contribution in [3.05, 3.63) is 21.3 Å². The van der Waals surface area contributed by atoms with Gasteiger partial charge in [-0.1, -0.05) is 35.6 Å². The van der Waals surface area contributed by atoms with Crippen LogP contribution in [0.2, 0.25) is 0 Å². The molecule has 0 aliphatic rings. The van der Waals surface area contributed by atoms with E-state index in [2.05, 4.69) is 22.6 Å². The van der Waals surface area contributed by atoms with Crippen LogP contribution in [-0.2, 0) is 4.79 Å². The maximum Gasteiger partial charge on any atom is 0.122 e. The average Bonchev–Trinajstić information content (AvgIpc) is 2.40. The number of carbonyl (C=O) groups excluding carboxylic acids is 1. The Labute approximate surface area is 123 Å². The lowest BCUT2D eigenvalue weighted by Crippen LogP contribution is -2.07. The second-order valence-electron chi connectivity index (χ2n) is 4.63. The standard InChI is InChI=1S/C14H23IO3/c1-11(9-16)4-3-5-13(10-17)6-7-14(18)12(2)8-15/h6,8-9,11,14,17-18H,3-5,7,10H2,1-2H3/b12-8+,13-6+/t11-,14-/m0/s1. The van der Waals surface area contributed by atoms with Gasteiger partial charge in [0, 0.05) is 5.92 Å². The third kappa shape index (κ3) is 8.00. The van der Waals surface area contributed by atoms with Gasteiger partial charge in [0.05, 0.1) is 12.7 Å². The van der Waals surface area contributed by atoms with Crippen molar-refractivity contribution < 1.29 is 15.0 Å². The highest BCUT2D eigenvalue weighted by molar-refractivity contribution is 14.1. The maximum absolute atomic E-state index is 10.5. The van der Waals surface area contributed by atoms with Gasteiger partial charge in [0.25, 0.3) is 0 Å². The van der Waals surface area contributed by atoms with Gasteiger partial charge >= 0.3 is 0 Å². The van der Waals surface area contributed by atoms with Gasteiger partial charge in [0.15, 0.2) is 0 Å². The molecule has 0 aromatic heterocycles. The minimum absolute atomic E-state index is 0.0230. The van der Waals surface area contributed by atoms with Crippen molar-refractivity contribution in [1.29, 1.82) is 0 Å². The van der Waals surface area contributed by atoms with E-state index in [0.29, 0.717) is 6.42 Å². The summed E-state index contributed by atoms with van der Waals surface area (Å²) in [5.41, 5.74) is 1.87. The number of halogens is 1. The molecule has 4 heteroatoms. The molecule has 0 aliphatic carbocycles. The fourth-order valence-electron chi connectivity index (χ4n) is 1.50. The third-order valence-electron chi connectivity index (χ3n) is 2.92. The molecule has 104 valence electrons. The summed E-state index contributed by atoms with van der Waals surface area (Å²) in [5, 5.41) is 19.0. The van der Waals surface area contributed by atoms with Crippen molar-refractivity contribution in [1.82, 2.24) is 0 Å². The molecule has 0 aromatic carbocycles. The van der Waals surface area contributed by atoms with Crippen molar-refractivity contribution in [2.24, 2.45) is 5.92 Å². The zero-order valence-corrected chi connectivity index (χ0v) is 13.3. The SMILES string of the molecule is C/C(=C\I)[C@@H](O)C/C=C(/CO)CCC[C@H](C)C=O. The van der Waals surface area contributed by atoms with Crippen molar-refractivity contribution in [2.45, 2.75) is 45.6 Å². The maximum atomic E-state index is 10.5. The number of aldehydes is 1. The first-order valence-electron chi connectivity index (χ1n) is 6.24. The van der Waals surface area contributed by atoms with Crippen molar-refractivity contribution in [3.8, 4) is 0 Å². The number of rotatable bonds is 9. The molecule has 0 amide bonds. The molecule has 0 heterocycles. The lowest BCUT2D eigenvalue weighted by Gasteiger charge is -2.10. The largest absolute Gasteiger partial charge is 0.392 e. The number of aliphatic hydroxyl groups is 2. The zero-order valence-electron chi connectivity index (χ0n) is 11.1. The second-order valence-corrected chi connectivity index (χ2v) is 5.25. The van der Waals surface area contributed by atoms with E-state index >= 15 is 0 Å². The molecule has 0 aromatic rings. The first kappa shape index (κ1) is 17.8. The van der Waals surface area contributed by atoms with Gasteiger partial charge < -0.3 is 15.0 Å². The van der Waals surface area contributed by atoms with Gasteiger partial charge in [-0.25, -0.2) is 0 Å². The van der Waals surface area contributed by atoms with Gasteiger partial charge in [-0.15, -0.1) is 0 Å². The Morgan fingerprint density at radius 1 is 1.44 bits per heavy atom. The van der Waals surface area contributed by atoms with Gasteiger partial charge in [0.2, 0.25) is 0 Å². The summed E-state index contributed by atoms with van der Waals surface area (Å²) in [6.45, 7) is 3.80. The summed E-state index contributed by atoms with van der Waals surface area (Å²) in [6.07, 6.45) is 5.44. The van der Waals surface area contributed by atoms with Gasteiger partial charge in [-0.05, 0) is 47.8 Å². The van der Waals surface area contributed by atoms with Crippen LogP contribution in [0.15, 0.2) is 21.3 Å². The lowest BCUT2D eigenvalue weighted by atomic mass is 10.0. The molecular formula is C14H23IO3. The molecule has 0 radical (unpaired) electrons. The third-order valence-corrected chi connectivity index (χ3v) is 3.90. The molecule has 0 fully saturated rings. The predicted octanol–water partition coefficient (Wildman–Crippen LogP) is 3.00. The molecule has 0 rings (SSSR count). The van der Waals surface area contributed by atoms with E-state index in [4.69, 9.17) is 0 Å². The molecule has 0 unspecified atom stereocenters. The van der Waals surface area contributed by atoms with Crippen LogP contribution >= 0.6 is 22.6 Å². The predicted molar refractivity (Wildman–Crippen MR) is 82.6 cm³/mol. The van der Waals surface area contributed by atoms with E-state index in [9.17, 15) is 15.0 Å². The van der Waals surface area contributed by atoms with E-state index < -0.39 is 6.10 Å². The van der Waals surface area contributed by atoms with Crippen LogP contribution in [0.3, 0.4) is 0 Å². The Bertz CT molecular complexity index is 297. The molecule has 18 heavy (non-hydrogen) atoms. The lowest BCUT2D eigenvalue weighted by molar-refractivity contribution is -0.110. The van der Waals surface area contributed by atoms with Gasteiger partial charge in [0.1, 0.15) is 6.29 Å². The van der Waals surface area contributed by atoms with Crippen LogP contribution in [0, 0.1) is 5.92 Å². The number of hydrogen-bond acceptors (Lipinski definition) is 3. The van der Waals surface area contributed by atoms with Gasteiger partial charge in [-0.3, -0.25) is 0 Å². The van der Waals surface area contributed by atoms with Gasteiger partial charge in [-0.2, -0.15) is 0 Å². The minimum atomic E-state index is -0.475. The van der Waals surface area contributed by atoms with E-state index in [1.54, 1.807) is 0 Å². The summed E-state index contributed by atoms with van der Waals surface area (Å²) in [7, 11) is 0. The minimum Gasteiger partial charge on any atom is -0.392 e. The summed E-state index contributed by atoms with van der Waals surface area (Å²) in [4.78, 5) is 10.5. The van der Waals surface area contributed by atoms with Crippen LogP contribution in [0.5, 0.6) is 0 Å². The quantitative estimate of drug-likeness (QED) is 0.375. The van der Waals surface area contributed by atoms with Crippen molar-refractivity contribution >= 4 is 28.9 Å². The summed E-state index contributed by atoms with van der Waals surface area (Å²) < 4.78 is 1.86. The molecule has 3 nitrogen and oxygen atoms in total. The van der Waals surface area contributed by atoms with Crippen LogP contribution in [0.1, 0.15) is 39.5 Å². The fraction of sp³-hybridized carbons (Fsp3) is 0.643. The Kier molecular flexibility index (Phi) is 10.6. The summed E-state index contributed by atoms with van der Waals surface area (Å²) >= 11 is 2.10. The molecule has 2 atom stereocenters. The molecule has 0 saturated heterocycles. The Balaban J connectivity index is 4.12. The van der Waals surface area contributed by atoms with Crippen molar-refractivity contribution in [2.75, 3.05) is 6.61 Å². The van der Waals surface area contributed by atoms with E-state index in [1.807, 2.05) is 24.0 Å². The monoisotopic (exact) mass is 366 g/mol. The Morgan fingerprint density at radius 2 is 2.11 bits per heavy atom. The van der Waals surface area contributed by atoms with Crippen LogP contribution in [-0.4, -0.2) is 29.2 Å². The normalized spacial score (nSPS) is 16.5. The van der Waals surface area contributed by atoms with Crippen LogP contribution < -0.4 is 0 Å². The molecular weight excluding hydrogens is 343 g/mol. The highest BCUT2D eigenvalue weighted by atomic mass is 127. The highest BCUT2D eigenvalue weighted by Crippen LogP contribution is 2.14. The zero-order chi connectivity index (χ0) is 14.0. The smallest absolute Gasteiger partial charge is 0.122 e. The van der Waals surface area contributed by atoms with E-state index in [1.165, 1.54) is 0 Å². The first-order valence-corrected chi connectivity index (χ1v) is 7.48. The first-order chi connectivity index (χ1) is 8.54. The molecule has 0 aliphatic heterocycles. The topological polar surface area (TPSA) is 57.5 Å². The van der Waals surface area contributed by atoms with E-state index in [0.717, 1.165) is 36.7 Å². The highest BCUT2D eigenvalue weighted by Gasteiger charge is 2.05. The number of carbonyl (C=O) groups is 1. The Hall–Kier alpha value is -0.200. The van der Waals surface area contributed by atoms with E-state index in [-0.39, 0.29) is 12.5 Å². The van der Waals surface area contributed by atoms with Crippen LogP contribution in [0.25, 0.3) is 0 Å². The number of hydrogen-bond donors (Lipinski definition) is 2. The second kappa shape index (κ2) is 10.7. The van der Waals surface area contributed by atoms with Crippen LogP contribution in [0.4, 0.5) is 0 Å². The fourth-order valence-corrected chi connectivity index (χ4v) is 1.92. The average molecular weight is 366 g/mol. The molecule has 2 N–H and O–H groups in total. The molecule has 0 bridgehead atoms.